The fourth-order valence-corrected chi connectivity index (χ4v) is 5.40. The largest absolute Gasteiger partial charge is 0.360 e. The van der Waals surface area contributed by atoms with Crippen LogP contribution in [0.1, 0.15) is 54.8 Å². The number of hydrogen-bond donors (Lipinski definition) is 1. The number of sulfone groups is 1. The molecule has 1 saturated carbocycles. The number of nitrogens with zero attached hydrogens (tertiary/aromatic N) is 2. The summed E-state index contributed by atoms with van der Waals surface area (Å²) in [6, 6.07) is 2.13. The van der Waals surface area contributed by atoms with E-state index in [-0.39, 0.29) is 23.5 Å². The minimum atomic E-state index is -2.84. The molecule has 3 aliphatic rings. The maximum absolute atomic E-state index is 12.4. The maximum Gasteiger partial charge on any atom is 0.273 e. The zero-order valence-electron chi connectivity index (χ0n) is 14.5. The molecule has 25 heavy (non-hydrogen) atoms. The summed E-state index contributed by atoms with van der Waals surface area (Å²) in [7, 11) is -2.84. The van der Waals surface area contributed by atoms with Gasteiger partial charge in [-0.05, 0) is 31.6 Å². The Kier molecular flexibility index (Phi) is 4.35. The van der Waals surface area contributed by atoms with Crippen LogP contribution >= 0.6 is 0 Å². The lowest BCUT2D eigenvalue weighted by Gasteiger charge is -2.30. The molecular weight excluding hydrogens is 342 g/mol. The highest BCUT2D eigenvalue weighted by molar-refractivity contribution is 7.91. The molecule has 0 radical (unpaired) electrons. The van der Waals surface area contributed by atoms with Gasteiger partial charge in [-0.2, -0.15) is 0 Å². The van der Waals surface area contributed by atoms with Crippen LogP contribution in [0.15, 0.2) is 10.6 Å². The Hall–Kier alpha value is -1.41. The summed E-state index contributed by atoms with van der Waals surface area (Å²) in [4.78, 5) is 14.8. The molecule has 0 bridgehead atoms. The number of amides is 1. The lowest BCUT2D eigenvalue weighted by atomic mass is 10.1. The smallest absolute Gasteiger partial charge is 0.273 e. The van der Waals surface area contributed by atoms with Crippen molar-refractivity contribution in [2.24, 2.45) is 5.92 Å². The predicted octanol–water partition coefficient (Wildman–Crippen LogP) is 1.18. The first-order chi connectivity index (χ1) is 11.9. The monoisotopic (exact) mass is 367 g/mol. The van der Waals surface area contributed by atoms with E-state index in [1.165, 1.54) is 0 Å². The van der Waals surface area contributed by atoms with E-state index < -0.39 is 9.84 Å². The SMILES string of the molecule is C[C@H]1CN(C2CCS(=O)(=O)CC2)C[C@@H]1NC(=O)c1cc(C2CC2)on1. The third-order valence-electron chi connectivity index (χ3n) is 5.74. The summed E-state index contributed by atoms with van der Waals surface area (Å²) in [5.74, 6) is 1.97. The van der Waals surface area contributed by atoms with Gasteiger partial charge in [-0.25, -0.2) is 8.42 Å². The molecule has 0 aromatic carbocycles. The zero-order valence-corrected chi connectivity index (χ0v) is 15.3. The Bertz CT molecular complexity index is 742. The van der Waals surface area contributed by atoms with E-state index in [2.05, 4.69) is 22.3 Å². The molecule has 2 aliphatic heterocycles. The molecule has 1 aromatic rings. The van der Waals surface area contributed by atoms with Gasteiger partial charge >= 0.3 is 0 Å². The van der Waals surface area contributed by atoms with Gasteiger partial charge in [0, 0.05) is 37.2 Å². The normalized spacial score (nSPS) is 30.4. The molecule has 138 valence electrons. The standard InChI is InChI=1S/C17H25N3O4S/c1-11-9-20(13-4-6-25(22,23)7-5-13)10-15(11)18-17(21)14-8-16(24-19-14)12-2-3-12/h8,11-13,15H,2-7,9-10H2,1H3,(H,18,21)/t11-,15-/m0/s1. The number of aromatic nitrogens is 1. The van der Waals surface area contributed by atoms with Gasteiger partial charge in [0.25, 0.3) is 5.91 Å². The summed E-state index contributed by atoms with van der Waals surface area (Å²) < 4.78 is 28.5. The molecule has 1 aliphatic carbocycles. The van der Waals surface area contributed by atoms with Crippen molar-refractivity contribution in [2.45, 2.75) is 50.6 Å². The first-order valence-corrected chi connectivity index (χ1v) is 11.0. The van der Waals surface area contributed by atoms with Crippen LogP contribution in [0.4, 0.5) is 0 Å². The maximum atomic E-state index is 12.4. The van der Waals surface area contributed by atoms with Crippen LogP contribution in [0, 0.1) is 5.92 Å². The quantitative estimate of drug-likeness (QED) is 0.859. The summed E-state index contributed by atoms with van der Waals surface area (Å²) >= 11 is 0. The Labute approximate surface area is 148 Å². The molecule has 1 aromatic heterocycles. The molecule has 2 atom stereocenters. The lowest BCUT2D eigenvalue weighted by Crippen LogP contribution is -2.43. The highest BCUT2D eigenvalue weighted by atomic mass is 32.2. The first kappa shape index (κ1) is 17.0. The minimum absolute atomic E-state index is 0.0621. The fourth-order valence-electron chi connectivity index (χ4n) is 3.93. The van der Waals surface area contributed by atoms with Crippen molar-refractivity contribution in [3.8, 4) is 0 Å². The van der Waals surface area contributed by atoms with Crippen LogP contribution in [0.2, 0.25) is 0 Å². The van der Waals surface area contributed by atoms with E-state index >= 15 is 0 Å². The van der Waals surface area contributed by atoms with Crippen molar-refractivity contribution in [2.75, 3.05) is 24.6 Å². The average Bonchev–Trinajstić information content (AvgIpc) is 3.18. The first-order valence-electron chi connectivity index (χ1n) is 9.13. The van der Waals surface area contributed by atoms with E-state index in [1.54, 1.807) is 6.07 Å². The van der Waals surface area contributed by atoms with E-state index in [0.29, 0.717) is 36.4 Å². The Balaban J connectivity index is 1.34. The summed E-state index contributed by atoms with van der Waals surface area (Å²) in [6.07, 6.45) is 3.62. The number of hydrogen-bond acceptors (Lipinski definition) is 6. The molecule has 8 heteroatoms. The van der Waals surface area contributed by atoms with Gasteiger partial charge in [-0.3, -0.25) is 9.69 Å². The Morgan fingerprint density at radius 2 is 1.96 bits per heavy atom. The third kappa shape index (κ3) is 3.74. The Morgan fingerprint density at radius 1 is 1.24 bits per heavy atom. The number of likely N-dealkylation sites (tertiary alicyclic amines) is 1. The van der Waals surface area contributed by atoms with Gasteiger partial charge < -0.3 is 9.84 Å². The molecule has 0 unspecified atom stereocenters. The van der Waals surface area contributed by atoms with E-state index in [4.69, 9.17) is 4.52 Å². The highest BCUT2D eigenvalue weighted by Gasteiger charge is 2.37. The van der Waals surface area contributed by atoms with Crippen molar-refractivity contribution < 1.29 is 17.7 Å². The van der Waals surface area contributed by atoms with Crippen molar-refractivity contribution >= 4 is 15.7 Å². The molecule has 1 amide bonds. The van der Waals surface area contributed by atoms with Crippen LogP contribution in [0.3, 0.4) is 0 Å². The molecule has 1 N–H and O–H groups in total. The summed E-state index contributed by atoms with van der Waals surface area (Å²) in [5, 5.41) is 6.98. The summed E-state index contributed by atoms with van der Waals surface area (Å²) in [5.41, 5.74) is 0.358. The van der Waals surface area contributed by atoms with Crippen LogP contribution in [-0.4, -0.2) is 61.1 Å². The second-order valence-corrected chi connectivity index (χ2v) is 10.1. The number of nitrogens with one attached hydrogen (secondary N) is 1. The molecule has 4 rings (SSSR count). The number of rotatable bonds is 4. The molecule has 2 saturated heterocycles. The van der Waals surface area contributed by atoms with Crippen LogP contribution in [-0.2, 0) is 9.84 Å². The van der Waals surface area contributed by atoms with Crippen molar-refractivity contribution in [3.05, 3.63) is 17.5 Å². The topological polar surface area (TPSA) is 92.5 Å². The second-order valence-electron chi connectivity index (χ2n) is 7.78. The van der Waals surface area contributed by atoms with Crippen molar-refractivity contribution in [1.29, 1.82) is 0 Å². The summed E-state index contributed by atoms with van der Waals surface area (Å²) in [6.45, 7) is 3.79. The molecule has 3 fully saturated rings. The van der Waals surface area contributed by atoms with Gasteiger partial charge in [0.15, 0.2) is 5.69 Å². The lowest BCUT2D eigenvalue weighted by molar-refractivity contribution is 0.0921. The second kappa shape index (κ2) is 6.39. The average molecular weight is 367 g/mol. The Morgan fingerprint density at radius 3 is 2.64 bits per heavy atom. The van der Waals surface area contributed by atoms with E-state index in [0.717, 1.165) is 31.7 Å². The fraction of sp³-hybridized carbons (Fsp3) is 0.765. The van der Waals surface area contributed by atoms with E-state index in [1.807, 2.05) is 0 Å². The van der Waals surface area contributed by atoms with Gasteiger partial charge in [-0.1, -0.05) is 12.1 Å². The van der Waals surface area contributed by atoms with Gasteiger partial charge in [0.05, 0.1) is 11.5 Å². The molecule has 0 spiro atoms. The van der Waals surface area contributed by atoms with Crippen LogP contribution in [0.25, 0.3) is 0 Å². The highest BCUT2D eigenvalue weighted by Crippen LogP contribution is 2.40. The number of carbonyl (C=O) groups is 1. The van der Waals surface area contributed by atoms with Crippen molar-refractivity contribution in [3.63, 3.8) is 0 Å². The van der Waals surface area contributed by atoms with Gasteiger partial charge in [0.2, 0.25) is 0 Å². The van der Waals surface area contributed by atoms with Crippen LogP contribution < -0.4 is 5.32 Å². The zero-order chi connectivity index (χ0) is 17.6. The molecule has 3 heterocycles. The third-order valence-corrected chi connectivity index (χ3v) is 7.45. The van der Waals surface area contributed by atoms with Crippen LogP contribution in [0.5, 0.6) is 0 Å². The van der Waals surface area contributed by atoms with Crippen molar-refractivity contribution in [1.82, 2.24) is 15.4 Å². The molecular formula is C17H25N3O4S. The number of carbonyl (C=O) groups excluding carboxylic acids is 1. The van der Waals surface area contributed by atoms with Gasteiger partial charge in [0.1, 0.15) is 15.6 Å². The van der Waals surface area contributed by atoms with E-state index in [9.17, 15) is 13.2 Å². The predicted molar refractivity (Wildman–Crippen MR) is 92.1 cm³/mol. The molecule has 7 nitrogen and oxygen atoms in total. The minimum Gasteiger partial charge on any atom is -0.360 e. The van der Waals surface area contributed by atoms with Gasteiger partial charge in [-0.15, -0.1) is 0 Å².